The highest BCUT2D eigenvalue weighted by Crippen LogP contribution is 2.34. The first-order chi connectivity index (χ1) is 21.7. The maximum atomic E-state index is 14.0. The molecule has 0 radical (unpaired) electrons. The fourth-order valence-corrected chi connectivity index (χ4v) is 6.67. The number of nitro benzene ring substituents is 1. The van der Waals surface area contributed by atoms with E-state index in [-0.39, 0.29) is 17.2 Å². The van der Waals surface area contributed by atoms with Gasteiger partial charge in [-0.1, -0.05) is 41.7 Å². The molecule has 226 valence electrons. The molecule has 0 saturated carbocycles. The predicted molar refractivity (Wildman–Crippen MR) is 175 cm³/mol. The Hall–Kier alpha value is -5.07. The standard InChI is InChI=1S/C33H25BrN4O6S/c1-3-43-23-12-9-20(10-13-23)30-29(31(39)36-21-7-5-4-6-8-21)19(2)35-33-37(30)32(40)28(45-33)18-24-14-16-27(44-24)25-15-11-22(38(41)42)17-26(25)34/h4-18,30H,3H2,1-2H3,(H,36,39)/b28-18-/t30-/m0/s1. The fraction of sp³-hybridized carbons (Fsp3) is 0.121. The minimum atomic E-state index is -0.744. The number of rotatable bonds is 8. The average molecular weight is 686 g/mol. The number of aromatic nitrogens is 1. The summed E-state index contributed by atoms with van der Waals surface area (Å²) in [6.07, 6.45) is 1.63. The van der Waals surface area contributed by atoms with Crippen LogP contribution < -0.4 is 24.9 Å². The number of amides is 1. The zero-order valence-electron chi connectivity index (χ0n) is 24.0. The van der Waals surface area contributed by atoms with Crippen LogP contribution in [0.4, 0.5) is 11.4 Å². The number of ether oxygens (including phenoxy) is 1. The topological polar surface area (TPSA) is 129 Å². The molecule has 1 atom stereocenters. The summed E-state index contributed by atoms with van der Waals surface area (Å²) < 4.78 is 14.0. The number of allylic oxidation sites excluding steroid dienone is 1. The molecule has 10 nitrogen and oxygen atoms in total. The number of carbonyl (C=O) groups is 1. The number of thiazole rings is 1. The second-order valence-corrected chi connectivity index (χ2v) is 11.9. The van der Waals surface area contributed by atoms with Crippen molar-refractivity contribution in [3.05, 3.63) is 142 Å². The normalized spacial score (nSPS) is 14.6. The third-order valence-electron chi connectivity index (χ3n) is 7.13. The van der Waals surface area contributed by atoms with Gasteiger partial charge >= 0.3 is 0 Å². The summed E-state index contributed by atoms with van der Waals surface area (Å²) in [6, 6.07) is 23.5. The van der Waals surface area contributed by atoms with Gasteiger partial charge in [-0.2, -0.15) is 0 Å². The van der Waals surface area contributed by atoms with Crippen molar-refractivity contribution in [1.29, 1.82) is 0 Å². The zero-order chi connectivity index (χ0) is 31.7. The van der Waals surface area contributed by atoms with Crippen LogP contribution in [-0.4, -0.2) is 22.0 Å². The lowest BCUT2D eigenvalue weighted by Gasteiger charge is -2.25. The van der Waals surface area contributed by atoms with Crippen molar-refractivity contribution in [1.82, 2.24) is 4.57 Å². The lowest BCUT2D eigenvalue weighted by atomic mass is 9.95. The molecular formula is C33H25BrN4O6S. The number of non-ortho nitro benzene ring substituents is 1. The highest BCUT2D eigenvalue weighted by Gasteiger charge is 2.32. The lowest BCUT2D eigenvalue weighted by Crippen LogP contribution is -2.40. The van der Waals surface area contributed by atoms with Crippen molar-refractivity contribution in [2.75, 3.05) is 11.9 Å². The Morgan fingerprint density at radius 3 is 2.58 bits per heavy atom. The summed E-state index contributed by atoms with van der Waals surface area (Å²) >= 11 is 4.58. The van der Waals surface area contributed by atoms with E-state index in [9.17, 15) is 19.7 Å². The van der Waals surface area contributed by atoms with Gasteiger partial charge in [-0.05, 0) is 77.8 Å². The molecular weight excluding hydrogens is 660 g/mol. The monoisotopic (exact) mass is 684 g/mol. The summed E-state index contributed by atoms with van der Waals surface area (Å²) in [5, 5.41) is 14.1. The number of fused-ring (bicyclic) bond motifs is 1. The number of para-hydroxylation sites is 1. The van der Waals surface area contributed by atoms with Gasteiger partial charge in [0.2, 0.25) is 0 Å². The van der Waals surface area contributed by atoms with Crippen LogP contribution in [0.1, 0.15) is 31.2 Å². The molecule has 45 heavy (non-hydrogen) atoms. The number of hydrogen-bond donors (Lipinski definition) is 1. The van der Waals surface area contributed by atoms with E-state index >= 15 is 0 Å². The molecule has 3 heterocycles. The van der Waals surface area contributed by atoms with Crippen LogP contribution in [-0.2, 0) is 4.79 Å². The van der Waals surface area contributed by atoms with E-state index in [0.29, 0.717) is 60.2 Å². The van der Waals surface area contributed by atoms with Crippen LogP contribution in [0.15, 0.2) is 115 Å². The number of nitrogens with one attached hydrogen (secondary N) is 1. The van der Waals surface area contributed by atoms with E-state index in [0.717, 1.165) is 5.56 Å². The summed E-state index contributed by atoms with van der Waals surface area (Å²) in [4.78, 5) is 43.6. The molecule has 5 aromatic rings. The molecule has 12 heteroatoms. The van der Waals surface area contributed by atoms with Gasteiger partial charge in [0.05, 0.1) is 33.4 Å². The van der Waals surface area contributed by atoms with Gasteiger partial charge in [0.25, 0.3) is 17.2 Å². The molecule has 1 amide bonds. The Bertz CT molecular complexity index is 2150. The largest absolute Gasteiger partial charge is 0.494 e. The van der Waals surface area contributed by atoms with Gasteiger partial charge in [-0.3, -0.25) is 24.3 Å². The average Bonchev–Trinajstić information content (AvgIpc) is 3.61. The van der Waals surface area contributed by atoms with Crippen molar-refractivity contribution in [2.24, 2.45) is 4.99 Å². The first-order valence-corrected chi connectivity index (χ1v) is 15.5. The molecule has 2 aromatic heterocycles. The van der Waals surface area contributed by atoms with Crippen molar-refractivity contribution in [2.45, 2.75) is 19.9 Å². The van der Waals surface area contributed by atoms with Crippen LogP contribution in [0.25, 0.3) is 17.4 Å². The summed E-state index contributed by atoms with van der Waals surface area (Å²) in [5.74, 6) is 1.20. The molecule has 0 aliphatic carbocycles. The smallest absolute Gasteiger partial charge is 0.271 e. The number of benzene rings is 3. The maximum Gasteiger partial charge on any atom is 0.271 e. The Labute approximate surface area is 268 Å². The van der Waals surface area contributed by atoms with Gasteiger partial charge in [0.1, 0.15) is 17.3 Å². The molecule has 3 aromatic carbocycles. The molecule has 0 unspecified atom stereocenters. The van der Waals surface area contributed by atoms with Crippen molar-refractivity contribution >= 4 is 50.6 Å². The highest BCUT2D eigenvalue weighted by molar-refractivity contribution is 9.10. The van der Waals surface area contributed by atoms with Gasteiger partial charge in [0, 0.05) is 33.9 Å². The Morgan fingerprint density at radius 1 is 1.13 bits per heavy atom. The van der Waals surface area contributed by atoms with E-state index in [1.807, 2.05) is 49.4 Å². The van der Waals surface area contributed by atoms with E-state index in [1.165, 1.54) is 28.0 Å². The lowest BCUT2D eigenvalue weighted by molar-refractivity contribution is -0.384. The molecule has 0 bridgehead atoms. The highest BCUT2D eigenvalue weighted by atomic mass is 79.9. The number of nitro groups is 1. The molecule has 6 rings (SSSR count). The summed E-state index contributed by atoms with van der Waals surface area (Å²) in [5.41, 5.74) is 2.45. The maximum absolute atomic E-state index is 14.0. The van der Waals surface area contributed by atoms with E-state index in [1.54, 1.807) is 43.3 Å². The van der Waals surface area contributed by atoms with E-state index in [4.69, 9.17) is 9.15 Å². The second kappa shape index (κ2) is 12.5. The van der Waals surface area contributed by atoms with Gasteiger partial charge in [0.15, 0.2) is 4.80 Å². The van der Waals surface area contributed by atoms with Crippen LogP contribution in [0.5, 0.6) is 5.75 Å². The van der Waals surface area contributed by atoms with Gasteiger partial charge in [-0.15, -0.1) is 0 Å². The molecule has 1 N–H and O–H groups in total. The first kappa shape index (κ1) is 30.0. The van der Waals surface area contributed by atoms with Crippen LogP contribution in [0.2, 0.25) is 0 Å². The Morgan fingerprint density at radius 2 is 1.89 bits per heavy atom. The number of carbonyl (C=O) groups excluding carboxylic acids is 1. The third kappa shape index (κ3) is 6.02. The number of nitrogens with zero attached hydrogens (tertiary/aromatic N) is 3. The molecule has 0 spiro atoms. The minimum absolute atomic E-state index is 0.0484. The molecule has 0 saturated heterocycles. The first-order valence-electron chi connectivity index (χ1n) is 13.9. The van der Waals surface area contributed by atoms with E-state index in [2.05, 4.69) is 26.2 Å². The Balaban J connectivity index is 1.42. The zero-order valence-corrected chi connectivity index (χ0v) is 26.4. The minimum Gasteiger partial charge on any atom is -0.494 e. The van der Waals surface area contributed by atoms with Gasteiger partial charge < -0.3 is 14.5 Å². The SMILES string of the molecule is CCOc1ccc([C@H]2C(C(=O)Nc3ccccc3)=C(C)N=c3s/c(=C\c4ccc(-c5ccc([N+](=O)[O-])cc5Br)o4)c(=O)n32)cc1. The number of hydrogen-bond acceptors (Lipinski definition) is 8. The van der Waals surface area contributed by atoms with Crippen molar-refractivity contribution in [3.8, 4) is 17.1 Å². The molecule has 0 fully saturated rings. The summed E-state index contributed by atoms with van der Waals surface area (Å²) in [6.45, 7) is 4.17. The van der Waals surface area contributed by atoms with Gasteiger partial charge in [-0.25, -0.2) is 4.99 Å². The van der Waals surface area contributed by atoms with Crippen LogP contribution in [0, 0.1) is 10.1 Å². The van der Waals surface area contributed by atoms with E-state index < -0.39 is 11.0 Å². The summed E-state index contributed by atoms with van der Waals surface area (Å²) in [7, 11) is 0. The number of halogens is 1. The quantitative estimate of drug-likeness (QED) is 0.153. The number of furan rings is 1. The molecule has 1 aliphatic heterocycles. The third-order valence-corrected chi connectivity index (χ3v) is 8.77. The fourth-order valence-electron chi connectivity index (χ4n) is 5.08. The number of anilines is 1. The van der Waals surface area contributed by atoms with Crippen molar-refractivity contribution in [3.63, 3.8) is 0 Å². The predicted octanol–water partition coefficient (Wildman–Crippen LogP) is 6.20. The molecule has 1 aliphatic rings. The van der Waals surface area contributed by atoms with Crippen LogP contribution >= 0.6 is 27.3 Å². The van der Waals surface area contributed by atoms with Crippen molar-refractivity contribution < 1.29 is 18.9 Å². The van der Waals surface area contributed by atoms with Crippen LogP contribution in [0.3, 0.4) is 0 Å². The second-order valence-electron chi connectivity index (χ2n) is 10.0. The Kier molecular flexibility index (Phi) is 8.33.